The molecule has 1 aromatic heterocycles. The Labute approximate surface area is 116 Å². The topological polar surface area (TPSA) is 71.9 Å². The number of anilines is 1. The lowest BCUT2D eigenvalue weighted by molar-refractivity contribution is 0.487. The number of rotatable bonds is 2. The fourth-order valence-corrected chi connectivity index (χ4v) is 2.01. The normalized spacial score (nSPS) is 10.2. The van der Waals surface area contributed by atoms with E-state index in [9.17, 15) is 0 Å². The van der Waals surface area contributed by atoms with Gasteiger partial charge in [0, 0.05) is 17.3 Å². The summed E-state index contributed by atoms with van der Waals surface area (Å²) in [6.45, 7) is 0. The van der Waals surface area contributed by atoms with E-state index in [1.807, 2.05) is 12.1 Å². The Morgan fingerprint density at radius 1 is 1.10 bits per heavy atom. The number of nitrogens with zero attached hydrogens (tertiary/aromatic N) is 2. The molecule has 2 aromatic carbocycles. The van der Waals surface area contributed by atoms with E-state index in [1.54, 1.807) is 42.6 Å². The molecule has 3 aromatic rings. The van der Waals surface area contributed by atoms with Gasteiger partial charge >= 0.3 is 0 Å². The van der Waals surface area contributed by atoms with E-state index in [-0.39, 0.29) is 0 Å². The second-order valence-corrected chi connectivity index (χ2v) is 4.29. The third kappa shape index (κ3) is 2.13. The highest BCUT2D eigenvalue weighted by Gasteiger charge is 2.07. The van der Waals surface area contributed by atoms with Crippen molar-refractivity contribution in [3.63, 3.8) is 0 Å². The van der Waals surface area contributed by atoms with E-state index in [0.29, 0.717) is 28.3 Å². The van der Waals surface area contributed by atoms with Crippen LogP contribution in [-0.4, -0.2) is 4.98 Å². The van der Waals surface area contributed by atoms with Crippen molar-refractivity contribution in [1.82, 2.24) is 4.98 Å². The molecule has 0 fully saturated rings. The zero-order chi connectivity index (χ0) is 13.9. The second-order valence-electron chi connectivity index (χ2n) is 4.29. The summed E-state index contributed by atoms with van der Waals surface area (Å²) in [4.78, 5) is 4.31. The van der Waals surface area contributed by atoms with Crippen LogP contribution >= 0.6 is 0 Å². The van der Waals surface area contributed by atoms with Gasteiger partial charge in [-0.15, -0.1) is 0 Å². The number of nitrogen functional groups attached to an aromatic ring is 1. The highest BCUT2D eigenvalue weighted by molar-refractivity contribution is 5.94. The van der Waals surface area contributed by atoms with Gasteiger partial charge in [-0.3, -0.25) is 4.98 Å². The minimum atomic E-state index is 0.551. The monoisotopic (exact) mass is 261 g/mol. The van der Waals surface area contributed by atoms with Crippen molar-refractivity contribution in [1.29, 1.82) is 5.26 Å². The number of nitrogens with two attached hydrogens (primary N) is 1. The molecule has 0 unspecified atom stereocenters. The molecule has 0 amide bonds. The number of pyridine rings is 1. The number of hydrogen-bond donors (Lipinski definition) is 1. The number of hydrogen-bond acceptors (Lipinski definition) is 4. The summed E-state index contributed by atoms with van der Waals surface area (Å²) in [7, 11) is 0. The first-order chi connectivity index (χ1) is 9.78. The molecular weight excluding hydrogens is 250 g/mol. The first-order valence-corrected chi connectivity index (χ1v) is 6.09. The van der Waals surface area contributed by atoms with E-state index in [0.717, 1.165) is 5.39 Å². The van der Waals surface area contributed by atoms with Gasteiger partial charge in [0.1, 0.15) is 11.3 Å². The molecule has 0 atom stereocenters. The molecule has 0 saturated heterocycles. The van der Waals surface area contributed by atoms with Crippen molar-refractivity contribution in [3.05, 3.63) is 60.3 Å². The van der Waals surface area contributed by atoms with Crippen molar-refractivity contribution >= 4 is 16.6 Å². The summed E-state index contributed by atoms with van der Waals surface area (Å²) in [6.07, 6.45) is 1.69. The molecule has 4 heteroatoms. The quantitative estimate of drug-likeness (QED) is 0.717. The lowest BCUT2D eigenvalue weighted by Gasteiger charge is -2.09. The Kier molecular flexibility index (Phi) is 2.94. The third-order valence-corrected chi connectivity index (χ3v) is 2.96. The summed E-state index contributed by atoms with van der Waals surface area (Å²) in [5, 5.41) is 9.75. The minimum Gasteiger partial charge on any atom is -0.455 e. The smallest absolute Gasteiger partial charge is 0.153 e. The summed E-state index contributed by atoms with van der Waals surface area (Å²) >= 11 is 0. The van der Waals surface area contributed by atoms with E-state index in [4.69, 9.17) is 15.7 Å². The fraction of sp³-hybridized carbons (Fsp3) is 0. The molecular formula is C16H11N3O. The Balaban J connectivity index is 2.07. The third-order valence-electron chi connectivity index (χ3n) is 2.96. The van der Waals surface area contributed by atoms with Gasteiger partial charge in [-0.2, -0.15) is 5.26 Å². The molecule has 0 aliphatic carbocycles. The van der Waals surface area contributed by atoms with Crippen LogP contribution in [0.4, 0.5) is 5.69 Å². The number of benzene rings is 2. The van der Waals surface area contributed by atoms with Gasteiger partial charge in [0.05, 0.1) is 11.6 Å². The zero-order valence-corrected chi connectivity index (χ0v) is 10.6. The summed E-state index contributed by atoms with van der Waals surface area (Å²) in [6, 6.07) is 16.4. The predicted molar refractivity (Wildman–Crippen MR) is 77.4 cm³/mol. The average molecular weight is 261 g/mol. The molecule has 3 rings (SSSR count). The molecule has 4 nitrogen and oxygen atoms in total. The van der Waals surface area contributed by atoms with E-state index in [2.05, 4.69) is 11.1 Å². The van der Waals surface area contributed by atoms with Gasteiger partial charge in [-0.25, -0.2) is 0 Å². The van der Waals surface area contributed by atoms with Gasteiger partial charge in [0.25, 0.3) is 0 Å². The summed E-state index contributed by atoms with van der Waals surface area (Å²) < 4.78 is 5.82. The maximum absolute atomic E-state index is 8.90. The maximum atomic E-state index is 8.90. The van der Waals surface area contributed by atoms with Crippen LogP contribution in [0.5, 0.6) is 11.5 Å². The number of aromatic nitrogens is 1. The Bertz CT molecular complexity index is 821. The van der Waals surface area contributed by atoms with Crippen LogP contribution in [0.2, 0.25) is 0 Å². The first kappa shape index (κ1) is 12.0. The van der Waals surface area contributed by atoms with Crippen LogP contribution in [0.1, 0.15) is 5.56 Å². The largest absolute Gasteiger partial charge is 0.455 e. The molecule has 1 heterocycles. The number of fused-ring (bicyclic) bond motifs is 1. The van der Waals surface area contributed by atoms with Gasteiger partial charge in [-0.05, 0) is 42.5 Å². The average Bonchev–Trinajstić information content (AvgIpc) is 2.51. The lowest BCUT2D eigenvalue weighted by Crippen LogP contribution is -1.92. The van der Waals surface area contributed by atoms with Crippen molar-refractivity contribution < 1.29 is 4.74 Å². The van der Waals surface area contributed by atoms with Crippen LogP contribution in [0.25, 0.3) is 10.9 Å². The fourth-order valence-electron chi connectivity index (χ4n) is 2.01. The predicted octanol–water partition coefficient (Wildman–Crippen LogP) is 3.48. The maximum Gasteiger partial charge on any atom is 0.153 e. The molecule has 96 valence electrons. The van der Waals surface area contributed by atoms with Gasteiger partial charge in [0.15, 0.2) is 5.75 Å². The Hall–Kier alpha value is -3.06. The van der Waals surface area contributed by atoms with Gasteiger partial charge < -0.3 is 10.5 Å². The number of nitriles is 1. The van der Waals surface area contributed by atoms with Crippen molar-refractivity contribution in [2.45, 2.75) is 0 Å². The molecule has 2 N–H and O–H groups in total. The molecule has 0 spiro atoms. The summed E-state index contributed by atoms with van der Waals surface area (Å²) in [5.41, 5.74) is 7.84. The van der Waals surface area contributed by atoms with Gasteiger partial charge in [0.2, 0.25) is 0 Å². The molecule has 0 radical (unpaired) electrons. The standard InChI is InChI=1S/C16H11N3O/c17-10-11-3-1-4-12(9-11)20-15-7-6-14(18)13-5-2-8-19-16(13)15/h1-9H,18H2. The van der Waals surface area contributed by atoms with Crippen LogP contribution in [0, 0.1) is 11.3 Å². The number of ether oxygens (including phenoxy) is 1. The second kappa shape index (κ2) is 4.90. The Morgan fingerprint density at radius 3 is 2.85 bits per heavy atom. The molecule has 0 aliphatic rings. The van der Waals surface area contributed by atoms with E-state index in [1.165, 1.54) is 0 Å². The highest BCUT2D eigenvalue weighted by atomic mass is 16.5. The zero-order valence-electron chi connectivity index (χ0n) is 10.6. The van der Waals surface area contributed by atoms with Crippen LogP contribution in [-0.2, 0) is 0 Å². The first-order valence-electron chi connectivity index (χ1n) is 6.09. The highest BCUT2D eigenvalue weighted by Crippen LogP contribution is 2.31. The van der Waals surface area contributed by atoms with Crippen molar-refractivity contribution in [3.8, 4) is 17.6 Å². The van der Waals surface area contributed by atoms with E-state index >= 15 is 0 Å². The van der Waals surface area contributed by atoms with Gasteiger partial charge in [-0.1, -0.05) is 6.07 Å². The van der Waals surface area contributed by atoms with Crippen LogP contribution in [0.15, 0.2) is 54.7 Å². The lowest BCUT2D eigenvalue weighted by atomic mass is 10.1. The van der Waals surface area contributed by atoms with Crippen molar-refractivity contribution in [2.24, 2.45) is 0 Å². The molecule has 0 aliphatic heterocycles. The van der Waals surface area contributed by atoms with Crippen LogP contribution in [0.3, 0.4) is 0 Å². The van der Waals surface area contributed by atoms with E-state index < -0.39 is 0 Å². The SMILES string of the molecule is N#Cc1cccc(Oc2ccc(N)c3cccnc23)c1. The summed E-state index contributed by atoms with van der Waals surface area (Å²) in [5.74, 6) is 1.21. The minimum absolute atomic E-state index is 0.551. The van der Waals surface area contributed by atoms with Crippen LogP contribution < -0.4 is 10.5 Å². The molecule has 20 heavy (non-hydrogen) atoms. The molecule has 0 saturated carbocycles. The Morgan fingerprint density at radius 2 is 2.00 bits per heavy atom. The van der Waals surface area contributed by atoms with Crippen molar-refractivity contribution in [2.75, 3.05) is 5.73 Å². The molecule has 0 bridgehead atoms.